The van der Waals surface area contributed by atoms with Crippen molar-refractivity contribution >= 4 is 16.7 Å². The highest BCUT2D eigenvalue weighted by molar-refractivity contribution is 5.87. The lowest BCUT2D eigenvalue weighted by Gasteiger charge is -2.30. The van der Waals surface area contributed by atoms with Crippen LogP contribution in [-0.4, -0.2) is 30.9 Å². The second kappa shape index (κ2) is 6.56. The van der Waals surface area contributed by atoms with Gasteiger partial charge in [-0.3, -0.25) is 4.79 Å². The van der Waals surface area contributed by atoms with E-state index in [2.05, 4.69) is 80.6 Å². The van der Waals surface area contributed by atoms with E-state index < -0.39 is 0 Å². The van der Waals surface area contributed by atoms with Crippen LogP contribution in [0.1, 0.15) is 38.7 Å². The molecule has 0 saturated heterocycles. The highest BCUT2D eigenvalue weighted by atomic mass is 16.2. The Morgan fingerprint density at radius 2 is 1.79 bits per heavy atom. The summed E-state index contributed by atoms with van der Waals surface area (Å²) in [5.74, 6) is 0.323. The zero-order valence-electron chi connectivity index (χ0n) is 15.2. The lowest BCUT2D eigenvalue weighted by atomic mass is 9.88. The number of hydrogen-bond donors (Lipinski definition) is 1. The molecule has 0 unspecified atom stereocenters. The molecule has 0 spiro atoms. The Labute approximate surface area is 145 Å². The molecular weight excluding hydrogens is 296 g/mol. The summed E-state index contributed by atoms with van der Waals surface area (Å²) in [6.07, 6.45) is 3.06. The Morgan fingerprint density at radius 3 is 2.50 bits per heavy atom. The summed E-state index contributed by atoms with van der Waals surface area (Å²) in [5.41, 5.74) is 0.796. The average molecular weight is 324 g/mol. The molecule has 1 fully saturated rings. The monoisotopic (exact) mass is 324 g/mol. The van der Waals surface area contributed by atoms with Gasteiger partial charge in [-0.1, -0.05) is 42.5 Å². The van der Waals surface area contributed by atoms with Crippen molar-refractivity contribution in [1.82, 2.24) is 10.2 Å². The molecule has 3 heteroatoms. The Morgan fingerprint density at radius 1 is 1.08 bits per heavy atom. The van der Waals surface area contributed by atoms with Gasteiger partial charge in [-0.05, 0) is 63.5 Å². The highest BCUT2D eigenvalue weighted by Gasteiger charge is 2.34. The Balaban J connectivity index is 1.79. The van der Waals surface area contributed by atoms with Gasteiger partial charge in [0, 0.05) is 12.0 Å². The van der Waals surface area contributed by atoms with E-state index in [1.54, 1.807) is 0 Å². The maximum atomic E-state index is 12.8. The van der Waals surface area contributed by atoms with E-state index >= 15 is 0 Å². The second-order valence-electron chi connectivity index (χ2n) is 7.77. The maximum Gasteiger partial charge on any atom is 0.223 e. The van der Waals surface area contributed by atoms with Crippen molar-refractivity contribution in [3.05, 3.63) is 48.0 Å². The predicted octanol–water partition coefficient (Wildman–Crippen LogP) is 3.92. The van der Waals surface area contributed by atoms with Gasteiger partial charge in [0.15, 0.2) is 0 Å². The lowest BCUT2D eigenvalue weighted by molar-refractivity contribution is -0.126. The summed E-state index contributed by atoms with van der Waals surface area (Å²) in [6, 6.07) is 15.2. The Bertz CT molecular complexity index is 730. The Hall–Kier alpha value is -1.87. The molecule has 0 heterocycles. The number of carbonyl (C=O) groups is 1. The summed E-state index contributed by atoms with van der Waals surface area (Å²) in [4.78, 5) is 15.0. The van der Waals surface area contributed by atoms with Gasteiger partial charge in [0.25, 0.3) is 0 Å². The minimum atomic E-state index is -0.381. The van der Waals surface area contributed by atoms with Crippen LogP contribution in [0, 0.1) is 5.92 Å². The molecule has 128 valence electrons. The molecule has 2 aromatic rings. The van der Waals surface area contributed by atoms with Gasteiger partial charge in [0.1, 0.15) is 0 Å². The molecule has 1 aliphatic carbocycles. The van der Waals surface area contributed by atoms with Gasteiger partial charge in [0.2, 0.25) is 5.91 Å². The van der Waals surface area contributed by atoms with Gasteiger partial charge in [-0.25, -0.2) is 0 Å². The molecule has 1 N–H and O–H groups in total. The fourth-order valence-electron chi connectivity index (χ4n) is 3.91. The van der Waals surface area contributed by atoms with E-state index in [-0.39, 0.29) is 17.4 Å². The van der Waals surface area contributed by atoms with Crippen LogP contribution >= 0.6 is 0 Å². The maximum absolute atomic E-state index is 12.8. The second-order valence-corrected chi connectivity index (χ2v) is 7.77. The van der Waals surface area contributed by atoms with Crippen LogP contribution in [0.15, 0.2) is 42.5 Å². The van der Waals surface area contributed by atoms with Gasteiger partial charge in [-0.2, -0.15) is 0 Å². The molecule has 0 aliphatic heterocycles. The number of benzene rings is 2. The number of fused-ring (bicyclic) bond motifs is 1. The van der Waals surface area contributed by atoms with Crippen molar-refractivity contribution in [1.29, 1.82) is 0 Å². The number of nitrogens with zero attached hydrogens (tertiary/aromatic N) is 1. The number of carbonyl (C=O) groups excluding carboxylic acids is 1. The minimum Gasteiger partial charge on any atom is -0.347 e. The van der Waals surface area contributed by atoms with Crippen molar-refractivity contribution < 1.29 is 4.79 Å². The minimum absolute atomic E-state index is 0.131. The highest BCUT2D eigenvalue weighted by Crippen LogP contribution is 2.32. The van der Waals surface area contributed by atoms with Crippen molar-refractivity contribution in [2.75, 3.05) is 14.1 Å². The number of nitrogens with one attached hydrogen (secondary N) is 1. The standard InChI is InChI=1S/C21H28N2O/c1-21(2,19-11-7-9-15-8-5-6-10-18(15)19)22-20(24)16-12-13-17(14-16)23(3)4/h5-11,16-17H,12-14H2,1-4H3,(H,22,24)/t16-,17-/m0/s1. The molecule has 24 heavy (non-hydrogen) atoms. The van der Waals surface area contributed by atoms with Crippen LogP contribution in [0.5, 0.6) is 0 Å². The van der Waals surface area contributed by atoms with E-state index in [9.17, 15) is 4.79 Å². The van der Waals surface area contributed by atoms with Crippen LogP contribution in [0.4, 0.5) is 0 Å². The summed E-state index contributed by atoms with van der Waals surface area (Å²) < 4.78 is 0. The first-order chi connectivity index (χ1) is 11.4. The molecular formula is C21H28N2O. The summed E-state index contributed by atoms with van der Waals surface area (Å²) in [6.45, 7) is 4.20. The van der Waals surface area contributed by atoms with Crippen LogP contribution in [0.2, 0.25) is 0 Å². The molecule has 1 amide bonds. The SMILES string of the molecule is CN(C)[C@H]1CC[C@H](C(=O)NC(C)(C)c2cccc3ccccc23)C1. The van der Waals surface area contributed by atoms with E-state index in [4.69, 9.17) is 0 Å². The molecule has 3 nitrogen and oxygen atoms in total. The van der Waals surface area contributed by atoms with Gasteiger partial charge in [-0.15, -0.1) is 0 Å². The Kier molecular flexibility index (Phi) is 4.64. The molecule has 0 aromatic heterocycles. The van der Waals surface area contributed by atoms with Gasteiger partial charge in [0.05, 0.1) is 5.54 Å². The quantitative estimate of drug-likeness (QED) is 0.924. The van der Waals surface area contributed by atoms with E-state index in [1.165, 1.54) is 16.3 Å². The first kappa shape index (κ1) is 17.0. The first-order valence-electron chi connectivity index (χ1n) is 8.85. The van der Waals surface area contributed by atoms with Crippen LogP contribution in [-0.2, 0) is 10.3 Å². The zero-order chi connectivity index (χ0) is 17.3. The number of hydrogen-bond acceptors (Lipinski definition) is 2. The average Bonchev–Trinajstić information content (AvgIpc) is 3.04. The first-order valence-corrected chi connectivity index (χ1v) is 8.85. The molecule has 0 radical (unpaired) electrons. The smallest absolute Gasteiger partial charge is 0.223 e. The summed E-state index contributed by atoms with van der Waals surface area (Å²) in [7, 11) is 4.20. The van der Waals surface area contributed by atoms with Crippen LogP contribution < -0.4 is 5.32 Å². The largest absolute Gasteiger partial charge is 0.347 e. The van der Waals surface area contributed by atoms with Crippen molar-refractivity contribution in [3.63, 3.8) is 0 Å². The third-order valence-electron chi connectivity index (χ3n) is 5.40. The van der Waals surface area contributed by atoms with Crippen molar-refractivity contribution in [2.24, 2.45) is 5.92 Å². The third-order valence-corrected chi connectivity index (χ3v) is 5.40. The third kappa shape index (κ3) is 3.32. The zero-order valence-corrected chi connectivity index (χ0v) is 15.2. The van der Waals surface area contributed by atoms with E-state index in [1.807, 2.05) is 0 Å². The number of rotatable bonds is 4. The van der Waals surface area contributed by atoms with Crippen molar-refractivity contribution in [3.8, 4) is 0 Å². The van der Waals surface area contributed by atoms with E-state index in [0.717, 1.165) is 19.3 Å². The molecule has 1 aliphatic rings. The summed E-state index contributed by atoms with van der Waals surface area (Å²) in [5, 5.41) is 5.73. The lowest BCUT2D eigenvalue weighted by Crippen LogP contribution is -2.44. The molecule has 2 atom stereocenters. The van der Waals surface area contributed by atoms with Crippen molar-refractivity contribution in [2.45, 2.75) is 44.7 Å². The fraction of sp³-hybridized carbons (Fsp3) is 0.476. The summed E-state index contributed by atoms with van der Waals surface area (Å²) >= 11 is 0. The molecule has 0 bridgehead atoms. The number of amides is 1. The molecule has 2 aromatic carbocycles. The normalized spacial score (nSPS) is 21.4. The predicted molar refractivity (Wildman–Crippen MR) is 99.9 cm³/mol. The fourth-order valence-corrected chi connectivity index (χ4v) is 3.91. The van der Waals surface area contributed by atoms with E-state index in [0.29, 0.717) is 6.04 Å². The van der Waals surface area contributed by atoms with Crippen LogP contribution in [0.25, 0.3) is 10.8 Å². The molecule has 1 saturated carbocycles. The van der Waals surface area contributed by atoms with Gasteiger partial charge < -0.3 is 10.2 Å². The molecule has 3 rings (SSSR count). The van der Waals surface area contributed by atoms with Crippen LogP contribution in [0.3, 0.4) is 0 Å². The topological polar surface area (TPSA) is 32.3 Å². The van der Waals surface area contributed by atoms with Gasteiger partial charge >= 0.3 is 0 Å².